The molecule has 0 saturated carbocycles. The van der Waals surface area contributed by atoms with Gasteiger partial charge < -0.3 is 4.90 Å². The summed E-state index contributed by atoms with van der Waals surface area (Å²) in [5, 5.41) is 0. The van der Waals surface area contributed by atoms with Gasteiger partial charge in [0.15, 0.2) is 0 Å². The highest BCUT2D eigenvalue weighted by Gasteiger charge is 2.14. The zero-order chi connectivity index (χ0) is 12.8. The Bertz CT molecular complexity index is 373. The van der Waals surface area contributed by atoms with Crippen LogP contribution in [0.1, 0.15) is 37.3 Å². The van der Waals surface area contributed by atoms with E-state index < -0.39 is 0 Å². The Morgan fingerprint density at radius 2 is 1.67 bits per heavy atom. The van der Waals surface area contributed by atoms with E-state index in [4.69, 9.17) is 0 Å². The van der Waals surface area contributed by atoms with Crippen molar-refractivity contribution in [1.82, 2.24) is 4.90 Å². The minimum atomic E-state index is 0.432. The van der Waals surface area contributed by atoms with Crippen LogP contribution in [0.15, 0.2) is 24.3 Å². The zero-order valence-electron chi connectivity index (χ0n) is 11.3. The number of rotatable bonds is 5. The first-order chi connectivity index (χ1) is 8.78. The maximum Gasteiger partial charge on any atom is 0.135 e. The van der Waals surface area contributed by atoms with Gasteiger partial charge in [-0.2, -0.15) is 0 Å². The van der Waals surface area contributed by atoms with Crippen molar-refractivity contribution in [2.24, 2.45) is 0 Å². The maximum atomic E-state index is 11.1. The number of piperidine rings is 1. The van der Waals surface area contributed by atoms with Crippen molar-refractivity contribution in [3.05, 3.63) is 35.4 Å². The third-order valence-corrected chi connectivity index (χ3v) is 3.78. The summed E-state index contributed by atoms with van der Waals surface area (Å²) in [6.45, 7) is 5.25. The molecule has 1 aromatic carbocycles. The second kappa shape index (κ2) is 6.69. The fourth-order valence-corrected chi connectivity index (χ4v) is 2.47. The summed E-state index contributed by atoms with van der Waals surface area (Å²) in [4.78, 5) is 13.6. The van der Waals surface area contributed by atoms with Crippen LogP contribution >= 0.6 is 0 Å². The molecule has 2 heteroatoms. The molecular weight excluding hydrogens is 222 g/mol. The van der Waals surface area contributed by atoms with Crippen molar-refractivity contribution >= 4 is 5.78 Å². The smallest absolute Gasteiger partial charge is 0.135 e. The quantitative estimate of drug-likeness (QED) is 0.795. The molecule has 1 aliphatic heterocycles. The lowest BCUT2D eigenvalue weighted by atomic mass is 10.1. The van der Waals surface area contributed by atoms with Gasteiger partial charge in [0.1, 0.15) is 5.78 Å². The fraction of sp³-hybridized carbons (Fsp3) is 0.562. The molecule has 0 bridgehead atoms. The molecule has 1 saturated heterocycles. The highest BCUT2D eigenvalue weighted by molar-refractivity contribution is 5.79. The van der Waals surface area contributed by atoms with Crippen molar-refractivity contribution in [2.75, 3.05) is 19.6 Å². The monoisotopic (exact) mass is 245 g/mol. The van der Waals surface area contributed by atoms with Crippen LogP contribution in [0.25, 0.3) is 0 Å². The molecule has 0 amide bonds. The highest BCUT2D eigenvalue weighted by atomic mass is 16.1. The van der Waals surface area contributed by atoms with E-state index in [0.29, 0.717) is 5.78 Å². The average Bonchev–Trinajstić information content (AvgIpc) is 2.42. The topological polar surface area (TPSA) is 20.3 Å². The van der Waals surface area contributed by atoms with Gasteiger partial charge in [0.05, 0.1) is 0 Å². The Kier molecular flexibility index (Phi) is 4.94. The summed E-state index contributed by atoms with van der Waals surface area (Å²) >= 11 is 0. The molecular formula is C16H23NO. The molecule has 18 heavy (non-hydrogen) atoms. The first-order valence-corrected chi connectivity index (χ1v) is 7.10. The van der Waals surface area contributed by atoms with Crippen LogP contribution in [0.2, 0.25) is 0 Å². The Balaban J connectivity index is 1.69. The molecule has 0 atom stereocenters. The van der Waals surface area contributed by atoms with Gasteiger partial charge in [0.25, 0.3) is 0 Å². The maximum absolute atomic E-state index is 11.1. The third-order valence-electron chi connectivity index (χ3n) is 3.78. The second-order valence-corrected chi connectivity index (χ2v) is 5.15. The standard InChI is InChI=1S/C16H23NO/c1-2-14-5-7-15(8-6-14)4-3-11-17-12-9-16(18)10-13-17/h5-8H,2-4,9-13H2,1H3. The minimum Gasteiger partial charge on any atom is -0.302 e. The molecule has 0 aromatic heterocycles. The molecule has 1 aliphatic rings. The molecule has 1 fully saturated rings. The zero-order valence-corrected chi connectivity index (χ0v) is 11.3. The number of carbonyl (C=O) groups is 1. The van der Waals surface area contributed by atoms with E-state index in [2.05, 4.69) is 36.1 Å². The molecule has 0 N–H and O–H groups in total. The Morgan fingerprint density at radius 1 is 1.06 bits per heavy atom. The van der Waals surface area contributed by atoms with E-state index >= 15 is 0 Å². The van der Waals surface area contributed by atoms with Gasteiger partial charge in [-0.05, 0) is 36.9 Å². The summed E-state index contributed by atoms with van der Waals surface area (Å²) in [6.07, 6.45) is 4.96. The molecule has 0 unspecified atom stereocenters. The summed E-state index contributed by atoms with van der Waals surface area (Å²) < 4.78 is 0. The number of hydrogen-bond donors (Lipinski definition) is 0. The number of aryl methyl sites for hydroxylation is 2. The molecule has 0 radical (unpaired) electrons. The van der Waals surface area contributed by atoms with Gasteiger partial charge in [-0.25, -0.2) is 0 Å². The second-order valence-electron chi connectivity index (χ2n) is 5.15. The van der Waals surface area contributed by atoms with Crippen molar-refractivity contribution in [2.45, 2.75) is 39.0 Å². The summed E-state index contributed by atoms with van der Waals surface area (Å²) in [6, 6.07) is 8.96. The lowest BCUT2D eigenvalue weighted by Crippen LogP contribution is -2.34. The molecule has 1 heterocycles. The van der Waals surface area contributed by atoms with Gasteiger partial charge in [-0.1, -0.05) is 31.2 Å². The van der Waals surface area contributed by atoms with Gasteiger partial charge in [0, 0.05) is 25.9 Å². The molecule has 1 aromatic rings. The largest absolute Gasteiger partial charge is 0.302 e. The van der Waals surface area contributed by atoms with E-state index in [1.807, 2.05) is 0 Å². The molecule has 2 nitrogen and oxygen atoms in total. The fourth-order valence-electron chi connectivity index (χ4n) is 2.47. The van der Waals surface area contributed by atoms with Crippen molar-refractivity contribution in [1.29, 1.82) is 0 Å². The van der Waals surface area contributed by atoms with E-state index in [1.54, 1.807) is 0 Å². The average molecular weight is 245 g/mol. The van der Waals surface area contributed by atoms with E-state index in [0.717, 1.165) is 45.3 Å². The first kappa shape index (κ1) is 13.3. The predicted molar refractivity (Wildman–Crippen MR) is 74.8 cm³/mol. The van der Waals surface area contributed by atoms with Gasteiger partial charge in [0.2, 0.25) is 0 Å². The number of carbonyl (C=O) groups excluding carboxylic acids is 1. The normalized spacial score (nSPS) is 17.1. The van der Waals surface area contributed by atoms with Crippen LogP contribution in [-0.4, -0.2) is 30.3 Å². The number of benzene rings is 1. The number of hydrogen-bond acceptors (Lipinski definition) is 2. The van der Waals surface area contributed by atoms with Crippen molar-refractivity contribution in [3.63, 3.8) is 0 Å². The Morgan fingerprint density at radius 3 is 2.28 bits per heavy atom. The lowest BCUT2D eigenvalue weighted by molar-refractivity contribution is -0.121. The van der Waals surface area contributed by atoms with Crippen LogP contribution in [0.4, 0.5) is 0 Å². The van der Waals surface area contributed by atoms with E-state index in [-0.39, 0.29) is 0 Å². The van der Waals surface area contributed by atoms with Crippen molar-refractivity contribution in [3.8, 4) is 0 Å². The minimum absolute atomic E-state index is 0.432. The van der Waals surface area contributed by atoms with Gasteiger partial charge >= 0.3 is 0 Å². The summed E-state index contributed by atoms with van der Waals surface area (Å²) in [5.74, 6) is 0.432. The van der Waals surface area contributed by atoms with E-state index in [1.165, 1.54) is 17.5 Å². The summed E-state index contributed by atoms with van der Waals surface area (Å²) in [5.41, 5.74) is 2.84. The Labute approximate surface area is 110 Å². The van der Waals surface area contributed by atoms with Crippen molar-refractivity contribution < 1.29 is 4.79 Å². The SMILES string of the molecule is CCc1ccc(CCCN2CCC(=O)CC2)cc1. The van der Waals surface area contributed by atoms with Crippen LogP contribution in [0.5, 0.6) is 0 Å². The number of Topliss-reactive ketones (excluding diaryl/α,β-unsaturated/α-hetero) is 1. The lowest BCUT2D eigenvalue weighted by Gasteiger charge is -2.25. The first-order valence-electron chi connectivity index (χ1n) is 7.10. The molecule has 0 aliphatic carbocycles. The number of nitrogens with zero attached hydrogens (tertiary/aromatic N) is 1. The van der Waals surface area contributed by atoms with Crippen LogP contribution in [0, 0.1) is 0 Å². The third kappa shape index (κ3) is 3.95. The van der Waals surface area contributed by atoms with Gasteiger partial charge in [-0.3, -0.25) is 4.79 Å². The number of ketones is 1. The molecule has 0 spiro atoms. The van der Waals surface area contributed by atoms with Crippen LogP contribution < -0.4 is 0 Å². The Hall–Kier alpha value is -1.15. The molecule has 2 rings (SSSR count). The molecule has 98 valence electrons. The predicted octanol–water partition coefficient (Wildman–Crippen LogP) is 2.85. The number of likely N-dealkylation sites (tertiary alicyclic amines) is 1. The van der Waals surface area contributed by atoms with Crippen LogP contribution in [-0.2, 0) is 17.6 Å². The summed E-state index contributed by atoms with van der Waals surface area (Å²) in [7, 11) is 0. The highest BCUT2D eigenvalue weighted by Crippen LogP contribution is 2.10. The van der Waals surface area contributed by atoms with Crippen LogP contribution in [0.3, 0.4) is 0 Å². The van der Waals surface area contributed by atoms with E-state index in [9.17, 15) is 4.79 Å². The van der Waals surface area contributed by atoms with Gasteiger partial charge in [-0.15, -0.1) is 0 Å².